The highest BCUT2D eigenvalue weighted by Gasteiger charge is 2.21. The number of carbonyl (C=O) groups is 2. The molecule has 1 aromatic carbocycles. The van der Waals surface area contributed by atoms with E-state index in [0.717, 1.165) is 36.0 Å². The molecule has 3 rings (SSSR count). The van der Waals surface area contributed by atoms with Crippen molar-refractivity contribution in [3.05, 3.63) is 35.5 Å². The molecule has 6 nitrogen and oxygen atoms in total. The maximum Gasteiger partial charge on any atom is 0.239 e. The lowest BCUT2D eigenvalue weighted by Gasteiger charge is -2.15. The summed E-state index contributed by atoms with van der Waals surface area (Å²) in [6.07, 6.45) is 3.94. The lowest BCUT2D eigenvalue weighted by molar-refractivity contribution is -0.133. The van der Waals surface area contributed by atoms with Gasteiger partial charge >= 0.3 is 0 Å². The Morgan fingerprint density at radius 2 is 2.16 bits per heavy atom. The Kier molecular flexibility index (Phi) is 5.71. The Labute approximate surface area is 151 Å². The summed E-state index contributed by atoms with van der Waals surface area (Å²) in [5.74, 6) is -0.0271. The number of carbonyl (C=O) groups excluding carboxylic acids is 2. The topological polar surface area (TPSA) is 74.3 Å². The molecule has 1 aromatic heterocycles. The first-order valence-corrected chi connectivity index (χ1v) is 8.84. The van der Waals surface area contributed by atoms with Crippen LogP contribution in [0.3, 0.4) is 0 Å². The van der Waals surface area contributed by atoms with Crippen molar-refractivity contribution in [3.63, 3.8) is 0 Å². The molecule has 0 aliphatic carbocycles. The van der Waals surface area contributed by atoms with Crippen molar-refractivity contribution >= 4 is 40.0 Å². The molecule has 2 N–H and O–H groups in total. The van der Waals surface area contributed by atoms with Gasteiger partial charge < -0.3 is 15.5 Å². The van der Waals surface area contributed by atoms with E-state index in [2.05, 4.69) is 15.6 Å². The molecule has 1 aliphatic heterocycles. The van der Waals surface area contributed by atoms with Gasteiger partial charge in [-0.1, -0.05) is 11.6 Å². The van der Waals surface area contributed by atoms with Gasteiger partial charge in [0.25, 0.3) is 0 Å². The third-order valence-electron chi connectivity index (χ3n) is 4.20. The molecule has 2 heterocycles. The Bertz CT molecular complexity index is 781. The molecule has 132 valence electrons. The molecule has 2 amide bonds. The Morgan fingerprint density at radius 3 is 2.96 bits per heavy atom. The monoisotopic (exact) mass is 360 g/mol. The van der Waals surface area contributed by atoms with E-state index < -0.39 is 0 Å². The Balaban J connectivity index is 1.41. The van der Waals surface area contributed by atoms with E-state index in [4.69, 9.17) is 11.6 Å². The van der Waals surface area contributed by atoms with E-state index in [-0.39, 0.29) is 18.4 Å². The largest absolute Gasteiger partial charge is 0.384 e. The number of nitrogens with one attached hydrogen (secondary N) is 2. The van der Waals surface area contributed by atoms with E-state index in [1.165, 1.54) is 0 Å². The van der Waals surface area contributed by atoms with Crippen molar-refractivity contribution in [2.24, 2.45) is 0 Å². The zero-order valence-electron chi connectivity index (χ0n) is 13.9. The molecule has 25 heavy (non-hydrogen) atoms. The van der Waals surface area contributed by atoms with Crippen LogP contribution in [0.25, 0.3) is 10.9 Å². The summed E-state index contributed by atoms with van der Waals surface area (Å²) in [6.45, 7) is 2.16. The van der Waals surface area contributed by atoms with Crippen molar-refractivity contribution in [1.82, 2.24) is 15.2 Å². The summed E-state index contributed by atoms with van der Waals surface area (Å²) in [7, 11) is 0. The average Bonchev–Trinajstić information content (AvgIpc) is 2.99. The van der Waals surface area contributed by atoms with Gasteiger partial charge in [-0.05, 0) is 37.1 Å². The van der Waals surface area contributed by atoms with E-state index in [1.807, 2.05) is 24.3 Å². The molecular formula is C18H21ClN4O2. The molecule has 2 aromatic rings. The van der Waals surface area contributed by atoms with Crippen LogP contribution in [0.15, 0.2) is 30.5 Å². The number of fused-ring (bicyclic) bond motifs is 1. The standard InChI is InChI=1S/C18H21ClN4O2/c19-13-4-5-14-15(6-9-21-16(14)11-13)20-7-2-8-22-17(24)12-23-10-1-3-18(23)25/h4-6,9,11H,1-3,7-8,10,12H2,(H,20,21)(H,22,24). The third kappa shape index (κ3) is 4.60. The molecule has 1 aliphatic rings. The first-order valence-electron chi connectivity index (χ1n) is 8.46. The molecule has 7 heteroatoms. The molecular weight excluding hydrogens is 340 g/mol. The van der Waals surface area contributed by atoms with E-state index in [0.29, 0.717) is 24.5 Å². The smallest absolute Gasteiger partial charge is 0.239 e. The number of benzene rings is 1. The first kappa shape index (κ1) is 17.5. The number of likely N-dealkylation sites (tertiary alicyclic amines) is 1. The van der Waals surface area contributed by atoms with Gasteiger partial charge in [0.1, 0.15) is 0 Å². The minimum atomic E-state index is -0.0979. The maximum atomic E-state index is 11.8. The number of pyridine rings is 1. The Morgan fingerprint density at radius 1 is 1.28 bits per heavy atom. The molecule has 0 unspecified atom stereocenters. The van der Waals surface area contributed by atoms with Gasteiger partial charge in [0.05, 0.1) is 12.1 Å². The lowest BCUT2D eigenvalue weighted by Crippen LogP contribution is -2.38. The second kappa shape index (κ2) is 8.16. The highest BCUT2D eigenvalue weighted by molar-refractivity contribution is 6.31. The molecule has 0 bridgehead atoms. The summed E-state index contributed by atoms with van der Waals surface area (Å²) in [5.41, 5.74) is 1.84. The second-order valence-electron chi connectivity index (χ2n) is 6.07. The fraction of sp³-hybridized carbons (Fsp3) is 0.389. The predicted octanol–water partition coefficient (Wildman–Crippen LogP) is 2.43. The number of anilines is 1. The second-order valence-corrected chi connectivity index (χ2v) is 6.51. The predicted molar refractivity (Wildman–Crippen MR) is 98.7 cm³/mol. The van der Waals surface area contributed by atoms with Gasteiger partial charge in [0.15, 0.2) is 0 Å². The summed E-state index contributed by atoms with van der Waals surface area (Å²) in [4.78, 5) is 29.3. The van der Waals surface area contributed by atoms with Crippen molar-refractivity contribution in [1.29, 1.82) is 0 Å². The fourth-order valence-corrected chi connectivity index (χ4v) is 3.08. The van der Waals surface area contributed by atoms with Crippen molar-refractivity contribution < 1.29 is 9.59 Å². The maximum absolute atomic E-state index is 11.8. The average molecular weight is 361 g/mol. The minimum Gasteiger partial charge on any atom is -0.384 e. The van der Waals surface area contributed by atoms with Gasteiger partial charge in [-0.2, -0.15) is 0 Å². The fourth-order valence-electron chi connectivity index (χ4n) is 2.92. The number of hydrogen-bond donors (Lipinski definition) is 2. The molecule has 0 atom stereocenters. The highest BCUT2D eigenvalue weighted by Crippen LogP contribution is 2.24. The Hall–Kier alpha value is -2.34. The normalized spacial score (nSPS) is 14.1. The number of rotatable bonds is 7. The zero-order valence-corrected chi connectivity index (χ0v) is 14.7. The zero-order chi connectivity index (χ0) is 17.6. The summed E-state index contributed by atoms with van der Waals surface area (Å²) in [6, 6.07) is 7.55. The van der Waals surface area contributed by atoms with Crippen LogP contribution in [0.5, 0.6) is 0 Å². The van der Waals surface area contributed by atoms with Crippen molar-refractivity contribution in [2.75, 3.05) is 31.5 Å². The van der Waals surface area contributed by atoms with Crippen LogP contribution in [-0.4, -0.2) is 47.9 Å². The van der Waals surface area contributed by atoms with Crippen LogP contribution in [0.1, 0.15) is 19.3 Å². The van der Waals surface area contributed by atoms with Crippen molar-refractivity contribution in [3.8, 4) is 0 Å². The van der Waals surface area contributed by atoms with Crippen LogP contribution < -0.4 is 10.6 Å². The third-order valence-corrected chi connectivity index (χ3v) is 4.44. The first-order chi connectivity index (χ1) is 12.1. The molecule has 0 radical (unpaired) electrons. The number of halogens is 1. The quantitative estimate of drug-likeness (QED) is 0.744. The van der Waals surface area contributed by atoms with Crippen LogP contribution in [-0.2, 0) is 9.59 Å². The number of nitrogens with zero attached hydrogens (tertiary/aromatic N) is 2. The summed E-state index contributed by atoms with van der Waals surface area (Å²) < 4.78 is 0. The summed E-state index contributed by atoms with van der Waals surface area (Å²) in [5, 5.41) is 7.90. The van der Waals surface area contributed by atoms with E-state index in [1.54, 1.807) is 11.1 Å². The van der Waals surface area contributed by atoms with Gasteiger partial charge in [0.2, 0.25) is 11.8 Å². The van der Waals surface area contributed by atoms with Crippen molar-refractivity contribution in [2.45, 2.75) is 19.3 Å². The van der Waals surface area contributed by atoms with Crippen LogP contribution in [0, 0.1) is 0 Å². The number of aromatic nitrogens is 1. The SMILES string of the molecule is O=C(CN1CCCC1=O)NCCCNc1ccnc2cc(Cl)ccc12. The highest BCUT2D eigenvalue weighted by atomic mass is 35.5. The summed E-state index contributed by atoms with van der Waals surface area (Å²) >= 11 is 5.99. The van der Waals surface area contributed by atoms with Gasteiger partial charge in [-0.15, -0.1) is 0 Å². The van der Waals surface area contributed by atoms with E-state index >= 15 is 0 Å². The van der Waals surface area contributed by atoms with Crippen LogP contribution in [0.4, 0.5) is 5.69 Å². The van der Waals surface area contributed by atoms with Gasteiger partial charge in [0, 0.05) is 48.3 Å². The van der Waals surface area contributed by atoms with Crippen LogP contribution in [0.2, 0.25) is 5.02 Å². The molecule has 1 fully saturated rings. The number of hydrogen-bond acceptors (Lipinski definition) is 4. The lowest BCUT2D eigenvalue weighted by atomic mass is 10.2. The number of amides is 2. The van der Waals surface area contributed by atoms with Crippen LogP contribution >= 0.6 is 11.6 Å². The van der Waals surface area contributed by atoms with Gasteiger partial charge in [-0.25, -0.2) is 0 Å². The molecule has 0 spiro atoms. The van der Waals surface area contributed by atoms with Gasteiger partial charge in [-0.3, -0.25) is 14.6 Å². The molecule has 0 saturated carbocycles. The molecule has 1 saturated heterocycles. The minimum absolute atomic E-state index is 0.0708. The van der Waals surface area contributed by atoms with E-state index in [9.17, 15) is 9.59 Å².